The number of benzene rings is 1. The Morgan fingerprint density at radius 1 is 0.944 bits per heavy atom. The Balaban J connectivity index is 1.86. The first-order valence-electron chi connectivity index (χ1n) is 19.1. The molecule has 2 heterocycles. The average Bonchev–Trinajstić information content (AvgIpc) is 3.57. The van der Waals surface area contributed by atoms with Crippen LogP contribution in [0.3, 0.4) is 0 Å². The number of unbranched alkanes of at least 4 members (excludes halogenated alkanes) is 3. The topological polar surface area (TPSA) is 180 Å². The third kappa shape index (κ3) is 12.0. The molecule has 4 N–H and O–H groups in total. The molecule has 54 heavy (non-hydrogen) atoms. The molecule has 0 aliphatic carbocycles. The van der Waals surface area contributed by atoms with Crippen LogP contribution in [0.25, 0.3) is 0 Å². The second kappa shape index (κ2) is 20.5. The fourth-order valence-electron chi connectivity index (χ4n) is 6.69. The highest BCUT2D eigenvalue weighted by molar-refractivity contribution is 6.38. The number of carbonyl (C=O) groups excluding carboxylic acids is 6. The zero-order chi connectivity index (χ0) is 40.0. The number of hydrogen-bond acceptors (Lipinski definition) is 8. The van der Waals surface area contributed by atoms with Gasteiger partial charge in [-0.2, -0.15) is 0 Å². The lowest BCUT2D eigenvalue weighted by Gasteiger charge is -2.37. The summed E-state index contributed by atoms with van der Waals surface area (Å²) in [5.74, 6) is -4.35. The van der Waals surface area contributed by atoms with Crippen molar-refractivity contribution >= 4 is 35.3 Å². The van der Waals surface area contributed by atoms with Crippen molar-refractivity contribution in [3.8, 4) is 0 Å². The third-order valence-electron chi connectivity index (χ3n) is 9.83. The van der Waals surface area contributed by atoms with Gasteiger partial charge in [-0.15, -0.1) is 6.58 Å². The highest BCUT2D eigenvalue weighted by Crippen LogP contribution is 2.32. The molecule has 0 saturated carbocycles. The Kier molecular flexibility index (Phi) is 16.5. The molecule has 2 unspecified atom stereocenters. The van der Waals surface area contributed by atoms with Crippen molar-refractivity contribution in [2.45, 2.75) is 124 Å². The van der Waals surface area contributed by atoms with E-state index in [-0.39, 0.29) is 30.5 Å². The maximum atomic E-state index is 14.5. The predicted octanol–water partition coefficient (Wildman–Crippen LogP) is 4.46. The lowest BCUT2D eigenvalue weighted by atomic mass is 9.84. The van der Waals surface area contributed by atoms with Gasteiger partial charge in [0.2, 0.25) is 23.5 Å². The number of nitrogens with one attached hydrogen (secondary N) is 4. The van der Waals surface area contributed by atoms with Crippen LogP contribution in [-0.4, -0.2) is 80.9 Å². The van der Waals surface area contributed by atoms with Crippen LogP contribution in [0, 0.1) is 17.3 Å². The van der Waals surface area contributed by atoms with Crippen LogP contribution in [0.5, 0.6) is 0 Å². The van der Waals surface area contributed by atoms with Crippen molar-refractivity contribution in [3.63, 3.8) is 0 Å². The second-order valence-electron chi connectivity index (χ2n) is 15.5. The molecule has 6 atom stereocenters. The lowest BCUT2D eigenvalue weighted by molar-refractivity contribution is -0.146. The molecule has 2 aromatic rings. The van der Waals surface area contributed by atoms with Crippen LogP contribution in [0.1, 0.15) is 116 Å². The van der Waals surface area contributed by atoms with Crippen LogP contribution in [0.15, 0.2) is 61.6 Å². The maximum Gasteiger partial charge on any atom is 0.290 e. The monoisotopic (exact) mass is 745 g/mol. The molecule has 1 aromatic heterocycles. The van der Waals surface area contributed by atoms with Gasteiger partial charge in [0.25, 0.3) is 11.8 Å². The van der Waals surface area contributed by atoms with Crippen molar-refractivity contribution in [1.29, 1.82) is 0 Å². The van der Waals surface area contributed by atoms with Gasteiger partial charge in [-0.1, -0.05) is 104 Å². The number of likely N-dealkylation sites (tertiary alicyclic amines) is 1. The molecule has 1 saturated heterocycles. The summed E-state index contributed by atoms with van der Waals surface area (Å²) in [6.07, 6.45) is 10.4. The van der Waals surface area contributed by atoms with Crippen molar-refractivity contribution in [2.75, 3.05) is 6.54 Å². The van der Waals surface area contributed by atoms with Crippen LogP contribution in [0.4, 0.5) is 0 Å². The molecule has 5 amide bonds. The molecule has 1 aliphatic rings. The molecule has 13 heteroatoms. The number of Topliss-reactive ketones (excluding diaryl/α,β-unsaturated/α-hetero) is 1. The summed E-state index contributed by atoms with van der Waals surface area (Å²) in [7, 11) is 0. The van der Waals surface area contributed by atoms with E-state index in [9.17, 15) is 28.8 Å². The van der Waals surface area contributed by atoms with Crippen molar-refractivity contribution in [1.82, 2.24) is 36.1 Å². The maximum absolute atomic E-state index is 14.5. The van der Waals surface area contributed by atoms with Crippen LogP contribution >= 0.6 is 0 Å². The van der Waals surface area contributed by atoms with Gasteiger partial charge >= 0.3 is 0 Å². The molecule has 294 valence electrons. The summed E-state index contributed by atoms with van der Waals surface area (Å²) in [6.45, 7) is 16.9. The Bertz CT molecular complexity index is 1590. The smallest absolute Gasteiger partial charge is 0.290 e. The molecular formula is C41H59N7O6. The molecular weight excluding hydrogens is 686 g/mol. The van der Waals surface area contributed by atoms with Gasteiger partial charge < -0.3 is 26.2 Å². The molecule has 0 radical (unpaired) electrons. The quantitative estimate of drug-likeness (QED) is 0.0925. The van der Waals surface area contributed by atoms with Crippen molar-refractivity contribution in [3.05, 3.63) is 72.8 Å². The minimum Gasteiger partial charge on any atom is -0.344 e. The highest BCUT2D eigenvalue weighted by Gasteiger charge is 2.47. The van der Waals surface area contributed by atoms with Crippen LogP contribution < -0.4 is 21.3 Å². The first-order valence-corrected chi connectivity index (χ1v) is 19.1. The Labute approximate surface area is 319 Å². The van der Waals surface area contributed by atoms with Crippen LogP contribution in [-0.2, 0) is 24.0 Å². The summed E-state index contributed by atoms with van der Waals surface area (Å²) in [6, 6.07) is 4.70. The van der Waals surface area contributed by atoms with Gasteiger partial charge in [-0.05, 0) is 49.0 Å². The normalized spacial score (nSPS) is 17.8. The SMILES string of the molecule is C=CC[C@H]1CCN(C(=O)[C@@H](NC(=O)C(NC(=O)c2cnccn2)C(C)C)C(C)(C)C)[C@@H]1C(=O)NC(CCCCCC)C(=O)C(=O)N[C@@H](C)c1ccccc1. The lowest BCUT2D eigenvalue weighted by Crippen LogP contribution is -2.62. The number of allylic oxidation sites excluding steroid dienone is 1. The van der Waals surface area contributed by atoms with E-state index in [1.165, 1.54) is 23.5 Å². The second-order valence-corrected chi connectivity index (χ2v) is 15.5. The third-order valence-corrected chi connectivity index (χ3v) is 9.83. The molecule has 0 spiro atoms. The molecule has 1 aromatic carbocycles. The molecule has 1 aliphatic heterocycles. The largest absolute Gasteiger partial charge is 0.344 e. The van der Waals surface area contributed by atoms with Crippen molar-refractivity contribution < 1.29 is 28.8 Å². The standard InChI is InChI=1S/C41H59N7O6/c1-9-11-12-16-20-30(34(49)39(53)44-27(5)28-18-14-13-15-19-28)45-38(52)33-29(17-10-2)21-24-48(33)40(54)35(41(6,7)8)47-37(51)32(26(3)4)46-36(50)31-25-42-22-23-43-31/h10,13-15,18-19,22-23,25-27,29-30,32-33,35H,2,9,11-12,16-17,20-21,24H2,1,3-8H3,(H,44,53)(H,45,52)(H,46,50)(H,47,51)/t27-,29-,30?,32?,33-,35+/m0/s1. The number of ketones is 1. The Morgan fingerprint density at radius 3 is 2.24 bits per heavy atom. The minimum atomic E-state index is -1.10. The highest BCUT2D eigenvalue weighted by atomic mass is 16.2. The Hall–Kier alpha value is -4.94. The Morgan fingerprint density at radius 2 is 1.65 bits per heavy atom. The van der Waals surface area contributed by atoms with Gasteiger partial charge in [0.1, 0.15) is 23.8 Å². The summed E-state index contributed by atoms with van der Waals surface area (Å²) >= 11 is 0. The van der Waals surface area contributed by atoms with E-state index in [0.29, 0.717) is 19.3 Å². The molecule has 0 bridgehead atoms. The average molecular weight is 746 g/mol. The van der Waals surface area contributed by atoms with Crippen LogP contribution in [0.2, 0.25) is 0 Å². The van der Waals surface area contributed by atoms with E-state index < -0.39 is 70.9 Å². The fraction of sp³-hybridized carbons (Fsp3) is 0.561. The number of amides is 5. The number of carbonyl (C=O) groups is 6. The summed E-state index contributed by atoms with van der Waals surface area (Å²) in [5, 5.41) is 11.2. The number of nitrogens with zero attached hydrogens (tertiary/aromatic N) is 3. The van der Waals surface area contributed by atoms with Crippen molar-refractivity contribution in [2.24, 2.45) is 17.3 Å². The van der Waals surface area contributed by atoms with Gasteiger partial charge in [-0.25, -0.2) is 4.98 Å². The number of rotatable bonds is 19. The summed E-state index contributed by atoms with van der Waals surface area (Å²) in [4.78, 5) is 91.9. The van der Waals surface area contributed by atoms with E-state index in [1.54, 1.807) is 26.8 Å². The molecule has 3 rings (SSSR count). The zero-order valence-electron chi connectivity index (χ0n) is 32.9. The van der Waals surface area contributed by atoms with E-state index in [4.69, 9.17) is 0 Å². The van der Waals surface area contributed by atoms with E-state index >= 15 is 0 Å². The van der Waals surface area contributed by atoms with Gasteiger partial charge in [0.05, 0.1) is 18.3 Å². The first-order chi connectivity index (χ1) is 25.6. The van der Waals surface area contributed by atoms with E-state index in [0.717, 1.165) is 24.8 Å². The fourth-order valence-corrected chi connectivity index (χ4v) is 6.69. The van der Waals surface area contributed by atoms with E-state index in [2.05, 4.69) is 44.7 Å². The van der Waals surface area contributed by atoms with Gasteiger partial charge in [0.15, 0.2) is 0 Å². The molecule has 13 nitrogen and oxygen atoms in total. The number of aromatic nitrogens is 2. The van der Waals surface area contributed by atoms with E-state index in [1.807, 2.05) is 51.1 Å². The first kappa shape index (κ1) is 43.5. The summed E-state index contributed by atoms with van der Waals surface area (Å²) < 4.78 is 0. The van der Waals surface area contributed by atoms with Gasteiger partial charge in [0, 0.05) is 18.9 Å². The zero-order valence-corrected chi connectivity index (χ0v) is 32.9. The number of hydrogen-bond donors (Lipinski definition) is 4. The minimum absolute atomic E-state index is 0.0453. The summed E-state index contributed by atoms with van der Waals surface area (Å²) in [5.41, 5.74) is 0.0815. The van der Waals surface area contributed by atoms with Gasteiger partial charge in [-0.3, -0.25) is 33.8 Å². The molecule has 1 fully saturated rings. The predicted molar refractivity (Wildman–Crippen MR) is 207 cm³/mol.